The van der Waals surface area contributed by atoms with Crippen molar-refractivity contribution in [2.75, 3.05) is 38.1 Å². The highest BCUT2D eigenvalue weighted by Crippen LogP contribution is 2.42. The van der Waals surface area contributed by atoms with E-state index < -0.39 is 11.1 Å². The third-order valence-electron chi connectivity index (χ3n) is 8.11. The molecule has 0 saturated carbocycles. The Morgan fingerprint density at radius 3 is 2.22 bits per heavy atom. The summed E-state index contributed by atoms with van der Waals surface area (Å²) in [5.74, 6) is 0.758. The van der Waals surface area contributed by atoms with Crippen molar-refractivity contribution in [3.05, 3.63) is 56.0 Å². The van der Waals surface area contributed by atoms with Crippen LogP contribution in [0.25, 0.3) is 11.2 Å². The number of rotatable bonds is 4. The van der Waals surface area contributed by atoms with Gasteiger partial charge in [-0.05, 0) is 38.8 Å². The zero-order valence-electron chi connectivity index (χ0n) is 20.7. The lowest BCUT2D eigenvalue weighted by Crippen LogP contribution is -2.49. The van der Waals surface area contributed by atoms with Crippen LogP contribution in [-0.4, -0.2) is 79.2 Å². The van der Waals surface area contributed by atoms with Gasteiger partial charge in [0.15, 0.2) is 5.65 Å². The second kappa shape index (κ2) is 9.24. The van der Waals surface area contributed by atoms with E-state index in [1.54, 1.807) is 17.7 Å². The minimum Gasteiger partial charge on any atom is -0.335 e. The Hall–Kier alpha value is -2.82. The zero-order chi connectivity index (χ0) is 25.0. The average molecular weight is 511 g/mol. The van der Waals surface area contributed by atoms with Crippen LogP contribution in [0.3, 0.4) is 0 Å². The molecule has 11 heteroatoms. The molecule has 10 nitrogen and oxygen atoms in total. The molecule has 3 aliphatic rings. The Kier molecular flexibility index (Phi) is 6.05. The quantitative estimate of drug-likeness (QED) is 0.489. The van der Waals surface area contributed by atoms with Gasteiger partial charge in [0.1, 0.15) is 0 Å². The van der Waals surface area contributed by atoms with Crippen LogP contribution in [0, 0.1) is 0 Å². The summed E-state index contributed by atoms with van der Waals surface area (Å²) in [7, 11) is 3.75. The predicted octanol–water partition coefficient (Wildman–Crippen LogP) is 1.66. The molecule has 0 aliphatic carbocycles. The Morgan fingerprint density at radius 1 is 0.889 bits per heavy atom. The molecule has 36 heavy (non-hydrogen) atoms. The number of fused-ring (bicyclic) bond motifs is 3. The van der Waals surface area contributed by atoms with Crippen molar-refractivity contribution in [1.29, 1.82) is 0 Å². The van der Waals surface area contributed by atoms with Crippen LogP contribution in [0.4, 0.5) is 5.95 Å². The first-order valence-corrected chi connectivity index (χ1v) is 13.0. The Morgan fingerprint density at radius 2 is 1.56 bits per heavy atom. The van der Waals surface area contributed by atoms with Crippen molar-refractivity contribution in [1.82, 2.24) is 33.9 Å². The van der Waals surface area contributed by atoms with Gasteiger partial charge in [-0.2, -0.15) is 0 Å². The van der Waals surface area contributed by atoms with Gasteiger partial charge in [0.05, 0.1) is 10.5 Å². The standard InChI is InChI=1S/C25H31ClN8O2/c1-30-5-7-32(8-6-30)15-16-12-28-25(29-13-16)33-18-3-4-19(33)11-20(10-18)34-22-21(9-17(26)14-27-22)31(2)23(35)24(34)36/h9,12-14,18-20H,3-8,10-11,15H2,1-2H3. The number of hydrogen-bond donors (Lipinski definition) is 0. The third-order valence-corrected chi connectivity index (χ3v) is 8.31. The van der Waals surface area contributed by atoms with Crippen LogP contribution in [0.5, 0.6) is 0 Å². The van der Waals surface area contributed by atoms with Crippen LogP contribution >= 0.6 is 11.6 Å². The first-order valence-electron chi connectivity index (χ1n) is 12.7. The molecule has 3 aliphatic heterocycles. The molecular weight excluding hydrogens is 480 g/mol. The first-order chi connectivity index (χ1) is 17.4. The SMILES string of the molecule is CN1CCN(Cc2cnc(N3C4CCC3CC(n3c(=O)c(=O)n(C)c5cc(Cl)cnc53)C4)nc2)CC1. The smallest absolute Gasteiger partial charge is 0.318 e. The van der Waals surface area contributed by atoms with Crippen molar-refractivity contribution in [2.45, 2.75) is 50.4 Å². The van der Waals surface area contributed by atoms with Crippen LogP contribution in [0.1, 0.15) is 37.3 Å². The first kappa shape index (κ1) is 23.6. The highest BCUT2D eigenvalue weighted by atomic mass is 35.5. The van der Waals surface area contributed by atoms with E-state index in [0.717, 1.165) is 69.9 Å². The molecular formula is C25H31ClN8O2. The third kappa shape index (κ3) is 4.10. The van der Waals surface area contributed by atoms with E-state index in [-0.39, 0.29) is 18.1 Å². The summed E-state index contributed by atoms with van der Waals surface area (Å²) in [6, 6.07) is 2.03. The monoisotopic (exact) mass is 510 g/mol. The number of piperidine rings is 1. The molecule has 3 aromatic heterocycles. The highest BCUT2D eigenvalue weighted by molar-refractivity contribution is 6.31. The number of pyridine rings is 1. The summed E-state index contributed by atoms with van der Waals surface area (Å²) in [5, 5.41) is 0.436. The normalized spacial score (nSPS) is 25.1. The van der Waals surface area contributed by atoms with Gasteiger partial charge in [-0.15, -0.1) is 0 Å². The lowest BCUT2D eigenvalue weighted by atomic mass is 9.97. The number of halogens is 1. The largest absolute Gasteiger partial charge is 0.335 e. The van der Waals surface area contributed by atoms with E-state index in [2.05, 4.69) is 26.7 Å². The molecule has 6 rings (SSSR count). The predicted molar refractivity (Wildman–Crippen MR) is 139 cm³/mol. The van der Waals surface area contributed by atoms with Gasteiger partial charge in [-0.25, -0.2) is 15.0 Å². The average Bonchev–Trinajstić information content (AvgIpc) is 3.14. The van der Waals surface area contributed by atoms with Gasteiger partial charge < -0.3 is 14.4 Å². The van der Waals surface area contributed by atoms with Gasteiger partial charge >= 0.3 is 11.1 Å². The summed E-state index contributed by atoms with van der Waals surface area (Å²) in [5.41, 5.74) is 1.13. The number of aromatic nitrogens is 5. The van der Waals surface area contributed by atoms with Gasteiger partial charge in [0.25, 0.3) is 0 Å². The molecule has 2 bridgehead atoms. The summed E-state index contributed by atoms with van der Waals surface area (Å²) in [6.07, 6.45) is 8.97. The summed E-state index contributed by atoms with van der Waals surface area (Å²) >= 11 is 6.15. The topological polar surface area (TPSA) is 92.4 Å². The van der Waals surface area contributed by atoms with Crippen LogP contribution in [-0.2, 0) is 13.6 Å². The van der Waals surface area contributed by atoms with E-state index >= 15 is 0 Å². The maximum absolute atomic E-state index is 13.1. The molecule has 2 unspecified atom stereocenters. The number of hydrogen-bond acceptors (Lipinski definition) is 8. The van der Waals surface area contributed by atoms with E-state index in [4.69, 9.17) is 21.6 Å². The molecule has 2 atom stereocenters. The van der Waals surface area contributed by atoms with Gasteiger partial charge in [0, 0.05) is 82.1 Å². The number of likely N-dealkylation sites (N-methyl/N-ethyl adjacent to an activating group) is 1. The molecule has 0 aromatic carbocycles. The molecule has 3 fully saturated rings. The summed E-state index contributed by atoms with van der Waals surface area (Å²) in [6.45, 7) is 5.18. The fourth-order valence-electron chi connectivity index (χ4n) is 6.16. The molecule has 190 valence electrons. The van der Waals surface area contributed by atoms with Gasteiger partial charge in [-0.1, -0.05) is 11.6 Å². The highest BCUT2D eigenvalue weighted by Gasteiger charge is 2.43. The number of anilines is 1. The second-order valence-electron chi connectivity index (χ2n) is 10.4. The van der Waals surface area contributed by atoms with Crippen molar-refractivity contribution in [3.8, 4) is 0 Å². The summed E-state index contributed by atoms with van der Waals surface area (Å²) in [4.78, 5) is 46.9. The minimum atomic E-state index is -0.555. The Balaban J connectivity index is 1.23. The molecule has 0 N–H and O–H groups in total. The Bertz CT molecular complexity index is 1380. The lowest BCUT2D eigenvalue weighted by Gasteiger charge is -2.39. The molecule has 0 amide bonds. The molecule has 0 radical (unpaired) electrons. The van der Waals surface area contributed by atoms with E-state index in [9.17, 15) is 9.59 Å². The maximum Gasteiger partial charge on any atom is 0.318 e. The molecule has 3 aromatic rings. The zero-order valence-corrected chi connectivity index (χ0v) is 21.4. The summed E-state index contributed by atoms with van der Waals surface area (Å²) < 4.78 is 2.95. The molecule has 0 spiro atoms. The number of aryl methyl sites for hydroxylation is 1. The van der Waals surface area contributed by atoms with Gasteiger partial charge in [0.2, 0.25) is 5.95 Å². The maximum atomic E-state index is 13.1. The molecule has 3 saturated heterocycles. The van der Waals surface area contributed by atoms with Gasteiger partial charge in [-0.3, -0.25) is 19.1 Å². The number of nitrogens with zero attached hydrogens (tertiary/aromatic N) is 8. The van der Waals surface area contributed by atoms with Crippen LogP contribution < -0.4 is 16.0 Å². The number of piperazine rings is 1. The fourth-order valence-corrected chi connectivity index (χ4v) is 6.31. The van der Waals surface area contributed by atoms with Crippen molar-refractivity contribution in [2.24, 2.45) is 7.05 Å². The van der Waals surface area contributed by atoms with Crippen LogP contribution in [0.15, 0.2) is 34.2 Å². The second-order valence-corrected chi connectivity index (χ2v) is 10.9. The van der Waals surface area contributed by atoms with Crippen molar-refractivity contribution < 1.29 is 0 Å². The van der Waals surface area contributed by atoms with Crippen molar-refractivity contribution in [3.63, 3.8) is 0 Å². The van der Waals surface area contributed by atoms with E-state index in [1.807, 2.05) is 12.4 Å². The minimum absolute atomic E-state index is 0.104. The van der Waals surface area contributed by atoms with E-state index in [1.165, 1.54) is 10.8 Å². The lowest BCUT2D eigenvalue weighted by molar-refractivity contribution is 0.148. The van der Waals surface area contributed by atoms with Crippen molar-refractivity contribution >= 4 is 28.7 Å². The van der Waals surface area contributed by atoms with Crippen LogP contribution in [0.2, 0.25) is 5.02 Å². The molecule has 6 heterocycles. The Labute approximate surface area is 214 Å². The fraction of sp³-hybridized carbons (Fsp3) is 0.560. The van der Waals surface area contributed by atoms with E-state index in [0.29, 0.717) is 16.2 Å².